The molecule has 8 nitrogen and oxygen atoms in total. The van der Waals surface area contributed by atoms with E-state index in [4.69, 9.17) is 20.3 Å². The molecule has 0 saturated heterocycles. The largest absolute Gasteiger partial charge is 0.482 e. The van der Waals surface area contributed by atoms with Crippen LogP contribution in [-0.4, -0.2) is 66.5 Å². The number of hydrogen-bond donors (Lipinski definition) is 3. The summed E-state index contributed by atoms with van der Waals surface area (Å²) in [5.74, 6) is -0.0175. The third-order valence-electron chi connectivity index (χ3n) is 4.46. The summed E-state index contributed by atoms with van der Waals surface area (Å²) in [5.41, 5.74) is 6.49. The number of carboxylic acids is 2. The minimum atomic E-state index is -1.04. The number of benzene rings is 2. The number of quaternary nitrogens is 1. The number of carboxylic acid groups (broad SMARTS) is 2. The first-order chi connectivity index (χ1) is 15.7. The summed E-state index contributed by atoms with van der Waals surface area (Å²) in [5, 5.41) is 18.4. The Hall–Kier alpha value is -0.180. The number of hydrogen-bond acceptors (Lipinski definition) is 5. The Bertz CT molecular complexity index is 1030. The van der Waals surface area contributed by atoms with Crippen LogP contribution in [0.5, 0.6) is 17.2 Å². The molecule has 0 aliphatic carbocycles. The second kappa shape index (κ2) is 12.9. The lowest BCUT2D eigenvalue weighted by Gasteiger charge is -2.29. The van der Waals surface area contributed by atoms with Gasteiger partial charge in [-0.15, -0.1) is 0 Å². The van der Waals surface area contributed by atoms with E-state index in [0.29, 0.717) is 28.3 Å². The molecule has 0 bridgehead atoms. The number of halogens is 4. The van der Waals surface area contributed by atoms with E-state index < -0.39 is 24.1 Å². The Morgan fingerprint density at radius 3 is 1.88 bits per heavy atom. The highest BCUT2D eigenvalue weighted by molar-refractivity contribution is 14.1. The fourth-order valence-corrected chi connectivity index (χ4v) is 7.19. The molecule has 2 atom stereocenters. The topological polar surface area (TPSA) is 119 Å². The van der Waals surface area contributed by atoms with E-state index in [0.717, 1.165) is 19.8 Å². The monoisotopic (exact) mass is 921 g/mol. The van der Waals surface area contributed by atoms with Gasteiger partial charge in [0.15, 0.2) is 11.9 Å². The van der Waals surface area contributed by atoms with Crippen molar-refractivity contribution in [2.24, 2.45) is 5.73 Å². The predicted molar refractivity (Wildman–Crippen MR) is 163 cm³/mol. The quantitative estimate of drug-likeness (QED) is 0.220. The predicted octanol–water partition coefficient (Wildman–Crippen LogP) is 4.78. The molecule has 34 heavy (non-hydrogen) atoms. The normalized spacial score (nSPS) is 13.3. The molecule has 0 aromatic heterocycles. The van der Waals surface area contributed by atoms with Crippen LogP contribution in [0.1, 0.15) is 12.0 Å². The molecule has 1 unspecified atom stereocenters. The summed E-state index contributed by atoms with van der Waals surface area (Å²) in [6.07, 6.45) is -0.333. The van der Waals surface area contributed by atoms with Gasteiger partial charge in [0.2, 0.25) is 0 Å². The van der Waals surface area contributed by atoms with Gasteiger partial charge in [0.1, 0.15) is 24.1 Å². The first-order valence-electron chi connectivity index (χ1n) is 9.98. The van der Waals surface area contributed by atoms with Crippen molar-refractivity contribution in [2.45, 2.75) is 25.0 Å². The Balaban J connectivity index is 2.27. The van der Waals surface area contributed by atoms with Gasteiger partial charge in [-0.25, -0.2) is 0 Å². The van der Waals surface area contributed by atoms with E-state index in [2.05, 4.69) is 90.4 Å². The Kier molecular flexibility index (Phi) is 11.4. The van der Waals surface area contributed by atoms with Crippen LogP contribution < -0.4 is 15.2 Å². The van der Waals surface area contributed by atoms with Crippen LogP contribution in [0, 0.1) is 14.3 Å². The van der Waals surface area contributed by atoms with Crippen molar-refractivity contribution in [3.63, 3.8) is 0 Å². The molecule has 0 saturated carbocycles. The number of carbonyl (C=O) groups is 2. The van der Waals surface area contributed by atoms with Crippen molar-refractivity contribution < 1.29 is 33.8 Å². The second-order valence-electron chi connectivity index (χ2n) is 8.67. The van der Waals surface area contributed by atoms with Crippen LogP contribution >= 0.6 is 90.4 Å². The van der Waals surface area contributed by atoms with Gasteiger partial charge in [-0.3, -0.25) is 9.59 Å². The van der Waals surface area contributed by atoms with Crippen molar-refractivity contribution in [1.82, 2.24) is 0 Å². The highest BCUT2D eigenvalue weighted by atomic mass is 127. The maximum atomic E-state index is 11.3. The van der Waals surface area contributed by atoms with Gasteiger partial charge in [0.25, 0.3) is 0 Å². The third kappa shape index (κ3) is 9.36. The molecule has 0 radical (unpaired) electrons. The van der Waals surface area contributed by atoms with Gasteiger partial charge in [-0.05, 0) is 127 Å². The molecular formula is C22H25I4N2O6+. The van der Waals surface area contributed by atoms with Crippen molar-refractivity contribution in [3.05, 3.63) is 44.1 Å². The van der Waals surface area contributed by atoms with E-state index in [1.807, 2.05) is 45.4 Å². The molecule has 2 aromatic rings. The number of nitrogens with zero attached hydrogens (tertiary/aromatic N) is 1. The molecule has 0 aliphatic rings. The molecule has 0 amide bonds. The van der Waals surface area contributed by atoms with Gasteiger partial charge in [0.05, 0.1) is 41.8 Å². The number of ether oxygens (including phenoxy) is 2. The summed E-state index contributed by atoms with van der Waals surface area (Å²) in [7, 11) is 5.98. The summed E-state index contributed by atoms with van der Waals surface area (Å²) < 4.78 is 16.2. The first-order valence-corrected chi connectivity index (χ1v) is 14.3. The fourth-order valence-electron chi connectivity index (χ4n) is 3.11. The summed E-state index contributed by atoms with van der Waals surface area (Å²) >= 11 is 8.65. The Labute approximate surface area is 253 Å². The second-order valence-corrected chi connectivity index (χ2v) is 13.3. The molecule has 2 rings (SSSR count). The minimum Gasteiger partial charge on any atom is -0.482 e. The van der Waals surface area contributed by atoms with Crippen LogP contribution in [0.3, 0.4) is 0 Å². The average molecular weight is 921 g/mol. The number of aliphatic carboxylic acids is 2. The SMILES string of the molecule is C[N+](C)(C)CC(CC(=O)O)Oc1c(I)cc(Oc2c(I)cc(C[C@H](N)C(=O)O)cc2I)cc1I. The first kappa shape index (κ1) is 30.0. The van der Waals surface area contributed by atoms with Crippen LogP contribution in [0.25, 0.3) is 0 Å². The zero-order valence-corrected chi connectivity index (χ0v) is 27.3. The summed E-state index contributed by atoms with van der Waals surface area (Å²) in [4.78, 5) is 22.4. The van der Waals surface area contributed by atoms with Crippen molar-refractivity contribution in [1.29, 1.82) is 0 Å². The van der Waals surface area contributed by atoms with Crippen LogP contribution in [0.4, 0.5) is 0 Å². The van der Waals surface area contributed by atoms with E-state index in [1.165, 1.54) is 0 Å². The lowest BCUT2D eigenvalue weighted by molar-refractivity contribution is -0.873. The number of rotatable bonds is 11. The van der Waals surface area contributed by atoms with E-state index in [9.17, 15) is 14.7 Å². The van der Waals surface area contributed by atoms with Crippen LogP contribution in [0.15, 0.2) is 24.3 Å². The highest BCUT2D eigenvalue weighted by Crippen LogP contribution is 2.38. The number of nitrogens with two attached hydrogens (primary N) is 1. The van der Waals surface area contributed by atoms with Gasteiger partial charge in [-0.2, -0.15) is 0 Å². The summed E-state index contributed by atoms with van der Waals surface area (Å²) in [6, 6.07) is 6.48. The maximum absolute atomic E-state index is 11.3. The van der Waals surface area contributed by atoms with E-state index in [-0.39, 0.29) is 12.8 Å². The van der Waals surface area contributed by atoms with E-state index in [1.54, 1.807) is 0 Å². The molecule has 0 heterocycles. The standard InChI is InChI=1S/C22H24I4N2O6/c1-28(2,3)10-13(9-19(29)30)34-21-16(25)7-12(8-17(21)26)33-20-14(23)4-11(5-15(20)24)6-18(27)22(31)32/h4-5,7-8,13,18H,6,9-10,27H2,1-3H3,(H-,29,30,31,32)/p+1/t13?,18-/m0/s1. The highest BCUT2D eigenvalue weighted by Gasteiger charge is 2.25. The van der Waals surface area contributed by atoms with Gasteiger partial charge < -0.3 is 29.9 Å². The van der Waals surface area contributed by atoms with Crippen molar-refractivity contribution in [2.75, 3.05) is 27.7 Å². The zero-order valence-electron chi connectivity index (χ0n) is 18.6. The lowest BCUT2D eigenvalue weighted by atomic mass is 10.1. The zero-order chi connectivity index (χ0) is 25.8. The Morgan fingerprint density at radius 2 is 1.44 bits per heavy atom. The Morgan fingerprint density at radius 1 is 0.941 bits per heavy atom. The molecule has 4 N–H and O–H groups in total. The van der Waals surface area contributed by atoms with Gasteiger partial charge in [0, 0.05) is 0 Å². The van der Waals surface area contributed by atoms with Crippen LogP contribution in [-0.2, 0) is 16.0 Å². The lowest BCUT2D eigenvalue weighted by Crippen LogP contribution is -2.44. The smallest absolute Gasteiger partial charge is 0.320 e. The van der Waals surface area contributed by atoms with Gasteiger partial charge >= 0.3 is 11.9 Å². The average Bonchev–Trinajstić information content (AvgIpc) is 2.65. The molecule has 186 valence electrons. The molecule has 0 aliphatic heterocycles. The maximum Gasteiger partial charge on any atom is 0.320 e. The van der Waals surface area contributed by atoms with Crippen LogP contribution in [0.2, 0.25) is 0 Å². The van der Waals surface area contributed by atoms with Gasteiger partial charge in [-0.1, -0.05) is 0 Å². The fraction of sp³-hybridized carbons (Fsp3) is 0.364. The molecular weight excluding hydrogens is 896 g/mol. The molecule has 2 aromatic carbocycles. The van der Waals surface area contributed by atoms with E-state index >= 15 is 0 Å². The van der Waals surface area contributed by atoms with Crippen molar-refractivity contribution >= 4 is 102 Å². The number of likely N-dealkylation sites (N-methyl/N-ethyl adjacent to an activating group) is 1. The molecule has 0 fully saturated rings. The molecule has 0 spiro atoms. The van der Waals surface area contributed by atoms with Crippen molar-refractivity contribution in [3.8, 4) is 17.2 Å². The third-order valence-corrected chi connectivity index (χ3v) is 7.67. The minimum absolute atomic E-state index is 0.0891. The molecule has 12 heteroatoms. The summed E-state index contributed by atoms with van der Waals surface area (Å²) in [6.45, 7) is 0.547.